The quantitative estimate of drug-likeness (QED) is 0.477. The van der Waals surface area contributed by atoms with Crippen LogP contribution >= 0.6 is 11.8 Å². The van der Waals surface area contributed by atoms with E-state index < -0.39 is 10.0 Å². The Morgan fingerprint density at radius 2 is 1.70 bits per heavy atom. The van der Waals surface area contributed by atoms with Gasteiger partial charge in [0.2, 0.25) is 10.0 Å². The fourth-order valence-electron chi connectivity index (χ4n) is 3.50. The van der Waals surface area contributed by atoms with Crippen molar-refractivity contribution in [2.24, 2.45) is 0 Å². The van der Waals surface area contributed by atoms with Gasteiger partial charge in [0, 0.05) is 36.5 Å². The van der Waals surface area contributed by atoms with Crippen LogP contribution in [0.15, 0.2) is 68.0 Å². The number of hydrogen-bond acceptors (Lipinski definition) is 8. The molecule has 154 valence electrons. The van der Waals surface area contributed by atoms with Crippen molar-refractivity contribution in [1.82, 2.24) is 24.5 Å². The number of pyridine rings is 1. The largest absolute Gasteiger partial charge is 0.304 e. The molecule has 10 heteroatoms. The average molecular weight is 442 g/mol. The number of piperazine rings is 1. The van der Waals surface area contributed by atoms with Crippen molar-refractivity contribution in [2.45, 2.75) is 14.8 Å². The number of nitrogens with zero attached hydrogens (tertiary/aromatic N) is 5. The summed E-state index contributed by atoms with van der Waals surface area (Å²) in [7, 11) is -1.70. The van der Waals surface area contributed by atoms with Crippen LogP contribution in [0.5, 0.6) is 0 Å². The lowest BCUT2D eigenvalue weighted by atomic mass is 10.2. The van der Waals surface area contributed by atoms with Crippen LogP contribution in [-0.4, -0.2) is 66.1 Å². The zero-order valence-corrected chi connectivity index (χ0v) is 17.9. The van der Waals surface area contributed by atoms with E-state index in [4.69, 9.17) is 4.63 Å². The van der Waals surface area contributed by atoms with Crippen LogP contribution in [0, 0.1) is 0 Å². The number of fused-ring (bicyclic) bond motifs is 2. The van der Waals surface area contributed by atoms with Gasteiger partial charge in [-0.15, -0.1) is 0 Å². The summed E-state index contributed by atoms with van der Waals surface area (Å²) >= 11 is 1.40. The third kappa shape index (κ3) is 3.45. The molecule has 0 saturated carbocycles. The summed E-state index contributed by atoms with van der Waals surface area (Å²) in [5, 5.41) is 9.74. The molecule has 3 heterocycles. The first-order valence-electron chi connectivity index (χ1n) is 9.50. The second-order valence-electron chi connectivity index (χ2n) is 7.17. The third-order valence-corrected chi connectivity index (χ3v) is 8.12. The second-order valence-corrected chi connectivity index (χ2v) is 10.1. The maximum Gasteiger partial charge on any atom is 0.245 e. The van der Waals surface area contributed by atoms with Gasteiger partial charge in [0.15, 0.2) is 11.0 Å². The molecule has 4 aromatic rings. The molecule has 0 bridgehead atoms. The van der Waals surface area contributed by atoms with E-state index in [-0.39, 0.29) is 10.4 Å². The van der Waals surface area contributed by atoms with Gasteiger partial charge in [-0.1, -0.05) is 36.0 Å². The number of likely N-dealkylation sites (N-methyl/N-ethyl adjacent to an activating group) is 1. The summed E-state index contributed by atoms with van der Waals surface area (Å²) in [5.41, 5.74) is 1.57. The van der Waals surface area contributed by atoms with Crippen LogP contribution in [0.1, 0.15) is 0 Å². The van der Waals surface area contributed by atoms with Crippen LogP contribution in [0.25, 0.3) is 21.9 Å². The van der Waals surface area contributed by atoms with Crippen LogP contribution in [0.4, 0.5) is 0 Å². The Labute approximate surface area is 177 Å². The maximum absolute atomic E-state index is 13.2. The van der Waals surface area contributed by atoms with E-state index in [0.29, 0.717) is 31.7 Å². The van der Waals surface area contributed by atoms with Crippen molar-refractivity contribution in [3.63, 3.8) is 0 Å². The monoisotopic (exact) mass is 441 g/mol. The topological polar surface area (TPSA) is 92.4 Å². The molecule has 1 fully saturated rings. The summed E-state index contributed by atoms with van der Waals surface area (Å²) in [6.07, 6.45) is 0. The van der Waals surface area contributed by atoms with Gasteiger partial charge in [-0.25, -0.2) is 18.0 Å². The molecular weight excluding hydrogens is 422 g/mol. The van der Waals surface area contributed by atoms with Crippen molar-refractivity contribution in [3.05, 3.63) is 48.5 Å². The highest BCUT2D eigenvalue weighted by atomic mass is 32.2. The Hall–Kier alpha value is -2.53. The standard InChI is InChI=1S/C20H19N5O3S2/c1-24-10-12-25(13-11-24)30(26,27)17-8-7-16(19-20(17)23-28-22-19)29-18-9-6-14-4-2-3-5-15(14)21-18/h2-9H,10-13H2,1H3. The average Bonchev–Trinajstić information content (AvgIpc) is 3.24. The molecule has 0 N–H and O–H groups in total. The van der Waals surface area contributed by atoms with Gasteiger partial charge in [0.1, 0.15) is 9.92 Å². The normalized spacial score (nSPS) is 16.4. The van der Waals surface area contributed by atoms with Crippen molar-refractivity contribution in [3.8, 4) is 0 Å². The first-order chi connectivity index (χ1) is 14.5. The minimum absolute atomic E-state index is 0.124. The molecule has 0 aliphatic carbocycles. The molecule has 1 saturated heterocycles. The molecule has 5 rings (SSSR count). The predicted octanol–water partition coefficient (Wildman–Crippen LogP) is 2.86. The fourth-order valence-corrected chi connectivity index (χ4v) is 5.91. The lowest BCUT2D eigenvalue weighted by Crippen LogP contribution is -2.47. The van der Waals surface area contributed by atoms with Gasteiger partial charge in [0.25, 0.3) is 0 Å². The Bertz CT molecular complexity index is 1330. The molecule has 0 radical (unpaired) electrons. The summed E-state index contributed by atoms with van der Waals surface area (Å²) in [4.78, 5) is 7.64. The molecule has 0 atom stereocenters. The van der Waals surface area contributed by atoms with Crippen molar-refractivity contribution >= 4 is 43.7 Å². The van der Waals surface area contributed by atoms with Gasteiger partial charge in [-0.05, 0) is 41.6 Å². The number of hydrogen-bond donors (Lipinski definition) is 0. The van der Waals surface area contributed by atoms with E-state index in [2.05, 4.69) is 20.2 Å². The first kappa shape index (κ1) is 19.4. The Morgan fingerprint density at radius 3 is 2.53 bits per heavy atom. The molecule has 0 unspecified atom stereocenters. The molecule has 1 aliphatic rings. The van der Waals surface area contributed by atoms with Gasteiger partial charge < -0.3 is 4.90 Å². The molecule has 1 aliphatic heterocycles. The van der Waals surface area contributed by atoms with E-state index in [1.165, 1.54) is 16.1 Å². The highest BCUT2D eigenvalue weighted by Gasteiger charge is 2.31. The zero-order chi connectivity index (χ0) is 20.7. The molecule has 0 amide bonds. The third-order valence-electron chi connectivity index (χ3n) is 5.21. The Morgan fingerprint density at radius 1 is 0.933 bits per heavy atom. The summed E-state index contributed by atoms with van der Waals surface area (Å²) in [5.74, 6) is 0. The van der Waals surface area contributed by atoms with Crippen molar-refractivity contribution in [1.29, 1.82) is 0 Å². The molecule has 2 aromatic carbocycles. The lowest BCUT2D eigenvalue weighted by molar-refractivity contribution is 0.222. The zero-order valence-electron chi connectivity index (χ0n) is 16.2. The molecule has 2 aromatic heterocycles. The van der Waals surface area contributed by atoms with E-state index in [1.54, 1.807) is 12.1 Å². The number of sulfonamides is 1. The molecule has 0 spiro atoms. The van der Waals surface area contributed by atoms with Crippen LogP contribution in [-0.2, 0) is 10.0 Å². The van der Waals surface area contributed by atoms with E-state index in [0.717, 1.165) is 20.8 Å². The minimum Gasteiger partial charge on any atom is -0.304 e. The van der Waals surface area contributed by atoms with E-state index in [1.807, 2.05) is 43.4 Å². The number of aromatic nitrogens is 3. The van der Waals surface area contributed by atoms with Gasteiger partial charge in [0.05, 0.1) is 5.52 Å². The maximum atomic E-state index is 13.2. The van der Waals surface area contributed by atoms with E-state index >= 15 is 0 Å². The number of rotatable bonds is 4. The first-order valence-corrected chi connectivity index (χ1v) is 11.8. The Kier molecular flexibility index (Phi) is 4.94. The fraction of sp³-hybridized carbons (Fsp3) is 0.250. The second kappa shape index (κ2) is 7.62. The molecule has 30 heavy (non-hydrogen) atoms. The van der Waals surface area contributed by atoms with Crippen LogP contribution < -0.4 is 0 Å². The van der Waals surface area contributed by atoms with Crippen molar-refractivity contribution in [2.75, 3.05) is 33.2 Å². The van der Waals surface area contributed by atoms with Crippen molar-refractivity contribution < 1.29 is 13.0 Å². The highest BCUT2D eigenvalue weighted by molar-refractivity contribution is 7.99. The van der Waals surface area contributed by atoms with Crippen LogP contribution in [0.2, 0.25) is 0 Å². The summed E-state index contributed by atoms with van der Waals surface area (Å²) in [6, 6.07) is 15.2. The SMILES string of the molecule is CN1CCN(S(=O)(=O)c2ccc(Sc3ccc4ccccc4n3)c3nonc23)CC1. The molecular formula is C20H19N5O3S2. The van der Waals surface area contributed by atoms with E-state index in [9.17, 15) is 8.42 Å². The summed E-state index contributed by atoms with van der Waals surface area (Å²) < 4.78 is 32.8. The lowest BCUT2D eigenvalue weighted by Gasteiger charge is -2.31. The smallest absolute Gasteiger partial charge is 0.245 e. The van der Waals surface area contributed by atoms with Gasteiger partial charge >= 0.3 is 0 Å². The predicted molar refractivity (Wildman–Crippen MR) is 114 cm³/mol. The van der Waals surface area contributed by atoms with Gasteiger partial charge in [-0.3, -0.25) is 0 Å². The Balaban J connectivity index is 1.50. The van der Waals surface area contributed by atoms with Gasteiger partial charge in [-0.2, -0.15) is 4.31 Å². The van der Waals surface area contributed by atoms with Crippen LogP contribution in [0.3, 0.4) is 0 Å². The summed E-state index contributed by atoms with van der Waals surface area (Å²) in [6.45, 7) is 2.29. The highest BCUT2D eigenvalue weighted by Crippen LogP contribution is 2.35. The minimum atomic E-state index is -3.68. The number of para-hydroxylation sites is 1. The molecule has 8 nitrogen and oxygen atoms in total. The number of benzene rings is 2.